The van der Waals surface area contributed by atoms with E-state index in [2.05, 4.69) is 17.1 Å². The molecule has 0 bridgehead atoms. The smallest absolute Gasteiger partial charge is 0.233 e. The quantitative estimate of drug-likeness (QED) is 0.804. The van der Waals surface area contributed by atoms with E-state index in [4.69, 9.17) is 9.47 Å². The minimum absolute atomic E-state index is 0.0981. The van der Waals surface area contributed by atoms with Gasteiger partial charge in [-0.3, -0.25) is 0 Å². The predicted octanol–water partition coefficient (Wildman–Crippen LogP) is 3.72. The zero-order valence-corrected chi connectivity index (χ0v) is 12.2. The summed E-state index contributed by atoms with van der Waals surface area (Å²) >= 11 is 0. The van der Waals surface area contributed by atoms with Gasteiger partial charge in [0.15, 0.2) is 0 Å². The van der Waals surface area contributed by atoms with Gasteiger partial charge >= 0.3 is 0 Å². The second-order valence-electron chi connectivity index (χ2n) is 4.80. The molecule has 1 aromatic carbocycles. The van der Waals surface area contributed by atoms with E-state index in [1.807, 2.05) is 50.2 Å². The lowest BCUT2D eigenvalue weighted by molar-refractivity contribution is 0.230. The Balaban J connectivity index is 2.14. The van der Waals surface area contributed by atoms with Crippen LogP contribution >= 0.6 is 0 Å². The summed E-state index contributed by atoms with van der Waals surface area (Å²) in [6, 6.07) is 11.6. The topological polar surface area (TPSA) is 44.2 Å². The summed E-state index contributed by atoms with van der Waals surface area (Å²) < 4.78 is 11.1. The first-order valence-electron chi connectivity index (χ1n) is 6.92. The Hall–Kier alpha value is -2.10. The van der Waals surface area contributed by atoms with E-state index in [0.717, 1.165) is 30.0 Å². The van der Waals surface area contributed by atoms with Crippen LogP contribution in [0, 0.1) is 0 Å². The Morgan fingerprint density at radius 3 is 2.60 bits per heavy atom. The van der Waals surface area contributed by atoms with Crippen molar-refractivity contribution in [2.75, 3.05) is 6.61 Å². The van der Waals surface area contributed by atoms with E-state index in [1.165, 1.54) is 0 Å². The number of aromatic nitrogens is 2. The van der Waals surface area contributed by atoms with Gasteiger partial charge in [-0.15, -0.1) is 10.2 Å². The third-order valence-corrected chi connectivity index (χ3v) is 2.60. The van der Waals surface area contributed by atoms with Crippen LogP contribution in [0.1, 0.15) is 27.2 Å². The maximum atomic E-state index is 5.62. The average Bonchev–Trinajstić information content (AvgIpc) is 2.45. The zero-order chi connectivity index (χ0) is 14.4. The van der Waals surface area contributed by atoms with Crippen LogP contribution in [0.25, 0.3) is 11.3 Å². The number of rotatable bonds is 6. The summed E-state index contributed by atoms with van der Waals surface area (Å²) in [4.78, 5) is 0. The second-order valence-corrected chi connectivity index (χ2v) is 4.80. The van der Waals surface area contributed by atoms with Crippen LogP contribution in [0.15, 0.2) is 36.4 Å². The summed E-state index contributed by atoms with van der Waals surface area (Å²) in [6.45, 7) is 6.73. The molecule has 1 aromatic heterocycles. The molecule has 0 radical (unpaired) electrons. The molecule has 2 aromatic rings. The molecular formula is C16H20N2O2. The SMILES string of the molecule is CCCOc1cccc(-c2ccc(OC(C)C)nn2)c1. The van der Waals surface area contributed by atoms with Crippen molar-refractivity contribution in [2.45, 2.75) is 33.3 Å². The third-order valence-electron chi connectivity index (χ3n) is 2.60. The summed E-state index contributed by atoms with van der Waals surface area (Å²) in [7, 11) is 0. The van der Waals surface area contributed by atoms with E-state index >= 15 is 0 Å². The highest BCUT2D eigenvalue weighted by Gasteiger charge is 2.04. The van der Waals surface area contributed by atoms with Crippen molar-refractivity contribution in [2.24, 2.45) is 0 Å². The second kappa shape index (κ2) is 6.89. The molecule has 0 aliphatic rings. The molecule has 0 amide bonds. The Labute approximate surface area is 119 Å². The lowest BCUT2D eigenvalue weighted by Gasteiger charge is -2.09. The van der Waals surface area contributed by atoms with E-state index in [9.17, 15) is 0 Å². The first-order chi connectivity index (χ1) is 9.69. The van der Waals surface area contributed by atoms with Crippen LogP contribution in [0.4, 0.5) is 0 Å². The van der Waals surface area contributed by atoms with Gasteiger partial charge in [-0.1, -0.05) is 19.1 Å². The van der Waals surface area contributed by atoms with Crippen LogP contribution in [0.3, 0.4) is 0 Å². The van der Waals surface area contributed by atoms with Crippen molar-refractivity contribution < 1.29 is 9.47 Å². The van der Waals surface area contributed by atoms with Crippen LogP contribution in [0.2, 0.25) is 0 Å². The van der Waals surface area contributed by atoms with Gasteiger partial charge in [-0.05, 0) is 38.5 Å². The fraction of sp³-hybridized carbons (Fsp3) is 0.375. The molecule has 0 aliphatic carbocycles. The fourth-order valence-electron chi connectivity index (χ4n) is 1.74. The monoisotopic (exact) mass is 272 g/mol. The van der Waals surface area contributed by atoms with E-state index in [0.29, 0.717) is 5.88 Å². The van der Waals surface area contributed by atoms with Gasteiger partial charge in [0, 0.05) is 11.6 Å². The van der Waals surface area contributed by atoms with Crippen molar-refractivity contribution in [1.82, 2.24) is 10.2 Å². The number of nitrogens with zero attached hydrogens (tertiary/aromatic N) is 2. The molecule has 0 unspecified atom stereocenters. The fourth-order valence-corrected chi connectivity index (χ4v) is 1.74. The van der Waals surface area contributed by atoms with Gasteiger partial charge in [-0.2, -0.15) is 0 Å². The van der Waals surface area contributed by atoms with Crippen LogP contribution in [-0.4, -0.2) is 22.9 Å². The van der Waals surface area contributed by atoms with Gasteiger partial charge in [0.1, 0.15) is 5.75 Å². The van der Waals surface area contributed by atoms with Gasteiger partial charge in [0.25, 0.3) is 0 Å². The highest BCUT2D eigenvalue weighted by Crippen LogP contribution is 2.23. The predicted molar refractivity (Wildman–Crippen MR) is 79.0 cm³/mol. The normalized spacial score (nSPS) is 10.6. The van der Waals surface area contributed by atoms with E-state index in [1.54, 1.807) is 0 Å². The summed E-state index contributed by atoms with van der Waals surface area (Å²) in [6.07, 6.45) is 1.09. The number of hydrogen-bond acceptors (Lipinski definition) is 4. The zero-order valence-electron chi connectivity index (χ0n) is 12.2. The average molecular weight is 272 g/mol. The van der Waals surface area contributed by atoms with Gasteiger partial charge in [0.2, 0.25) is 5.88 Å². The van der Waals surface area contributed by atoms with Crippen LogP contribution in [-0.2, 0) is 0 Å². The minimum atomic E-state index is 0.0981. The highest BCUT2D eigenvalue weighted by atomic mass is 16.5. The van der Waals surface area contributed by atoms with Crippen molar-refractivity contribution in [3.63, 3.8) is 0 Å². The molecule has 20 heavy (non-hydrogen) atoms. The lowest BCUT2D eigenvalue weighted by atomic mass is 10.1. The molecular weight excluding hydrogens is 252 g/mol. The summed E-state index contributed by atoms with van der Waals surface area (Å²) in [5.74, 6) is 1.40. The molecule has 1 heterocycles. The Kier molecular flexibility index (Phi) is 4.93. The summed E-state index contributed by atoms with van der Waals surface area (Å²) in [5, 5.41) is 8.27. The Bertz CT molecular complexity index is 538. The van der Waals surface area contributed by atoms with Crippen molar-refractivity contribution >= 4 is 0 Å². The van der Waals surface area contributed by atoms with Gasteiger partial charge in [-0.25, -0.2) is 0 Å². The van der Waals surface area contributed by atoms with Gasteiger partial charge < -0.3 is 9.47 Å². The standard InChI is InChI=1S/C16H20N2O2/c1-4-10-19-14-7-5-6-13(11-14)15-8-9-16(18-17-15)20-12(2)3/h5-9,11-12H,4,10H2,1-3H3. The molecule has 4 nitrogen and oxygen atoms in total. The third kappa shape index (κ3) is 3.95. The number of ether oxygens (including phenoxy) is 2. The van der Waals surface area contributed by atoms with Crippen molar-refractivity contribution in [3.05, 3.63) is 36.4 Å². The minimum Gasteiger partial charge on any atom is -0.494 e. The molecule has 2 rings (SSSR count). The lowest BCUT2D eigenvalue weighted by Crippen LogP contribution is -2.07. The molecule has 0 atom stereocenters. The molecule has 0 saturated heterocycles. The van der Waals surface area contributed by atoms with Crippen LogP contribution in [0.5, 0.6) is 11.6 Å². The van der Waals surface area contributed by atoms with E-state index < -0.39 is 0 Å². The number of benzene rings is 1. The Morgan fingerprint density at radius 2 is 1.95 bits per heavy atom. The van der Waals surface area contributed by atoms with Gasteiger partial charge in [0.05, 0.1) is 18.4 Å². The summed E-state index contributed by atoms with van der Waals surface area (Å²) in [5.41, 5.74) is 1.80. The first kappa shape index (κ1) is 14.3. The van der Waals surface area contributed by atoms with Crippen LogP contribution < -0.4 is 9.47 Å². The molecule has 0 spiro atoms. The highest BCUT2D eigenvalue weighted by molar-refractivity contribution is 5.60. The Morgan fingerprint density at radius 1 is 1.10 bits per heavy atom. The van der Waals surface area contributed by atoms with Crippen molar-refractivity contribution in [3.8, 4) is 22.9 Å². The maximum absolute atomic E-state index is 5.62. The molecule has 0 fully saturated rings. The molecule has 0 saturated carbocycles. The largest absolute Gasteiger partial charge is 0.494 e. The first-order valence-corrected chi connectivity index (χ1v) is 6.92. The van der Waals surface area contributed by atoms with E-state index in [-0.39, 0.29) is 6.10 Å². The maximum Gasteiger partial charge on any atom is 0.233 e. The van der Waals surface area contributed by atoms with Crippen molar-refractivity contribution in [1.29, 1.82) is 0 Å². The number of hydrogen-bond donors (Lipinski definition) is 0. The molecule has 0 aliphatic heterocycles. The molecule has 0 N–H and O–H groups in total. The molecule has 4 heteroatoms. The molecule has 106 valence electrons.